The van der Waals surface area contributed by atoms with Gasteiger partial charge in [-0.05, 0) is 30.6 Å². The number of carbonyl (C=O) groups excluding carboxylic acids is 1. The Balaban J connectivity index is 1.99. The van der Waals surface area contributed by atoms with Gasteiger partial charge in [-0.25, -0.2) is 0 Å². The molecule has 1 amide bonds. The largest absolute Gasteiger partial charge is 0.355 e. The number of carbonyl (C=O) groups is 1. The van der Waals surface area contributed by atoms with Gasteiger partial charge in [-0.3, -0.25) is 4.79 Å². The van der Waals surface area contributed by atoms with Crippen molar-refractivity contribution in [2.75, 3.05) is 33.7 Å². The van der Waals surface area contributed by atoms with Crippen molar-refractivity contribution in [3.8, 4) is 0 Å². The Morgan fingerprint density at radius 2 is 2.10 bits per heavy atom. The molecule has 1 aliphatic heterocycles. The molecular formula is C17H27N3O. The van der Waals surface area contributed by atoms with Crippen molar-refractivity contribution in [1.29, 1.82) is 0 Å². The summed E-state index contributed by atoms with van der Waals surface area (Å²) in [6, 6.07) is 8.21. The zero-order chi connectivity index (χ0) is 15.5. The first kappa shape index (κ1) is 16.0. The lowest BCUT2D eigenvalue weighted by atomic mass is 9.89. The zero-order valence-electron chi connectivity index (χ0n) is 13.6. The van der Waals surface area contributed by atoms with Crippen molar-refractivity contribution in [3.63, 3.8) is 0 Å². The van der Waals surface area contributed by atoms with Gasteiger partial charge in [0.15, 0.2) is 0 Å². The van der Waals surface area contributed by atoms with Gasteiger partial charge in [0.2, 0.25) is 5.91 Å². The Morgan fingerprint density at radius 3 is 2.81 bits per heavy atom. The summed E-state index contributed by atoms with van der Waals surface area (Å²) in [6.45, 7) is 7.58. The highest BCUT2D eigenvalue weighted by Crippen LogP contribution is 2.24. The summed E-state index contributed by atoms with van der Waals surface area (Å²) in [6.07, 6.45) is 0. The maximum Gasteiger partial charge on any atom is 0.228 e. The molecule has 4 heteroatoms. The van der Waals surface area contributed by atoms with E-state index in [2.05, 4.69) is 55.6 Å². The van der Waals surface area contributed by atoms with Crippen molar-refractivity contribution in [1.82, 2.24) is 15.5 Å². The van der Waals surface area contributed by atoms with E-state index in [4.69, 9.17) is 0 Å². The van der Waals surface area contributed by atoms with E-state index in [0.29, 0.717) is 6.54 Å². The summed E-state index contributed by atoms with van der Waals surface area (Å²) in [5, 5.41) is 6.47. The number of hydrogen-bond acceptors (Lipinski definition) is 3. The molecule has 0 radical (unpaired) electrons. The molecule has 2 rings (SSSR count). The molecule has 0 aliphatic carbocycles. The smallest absolute Gasteiger partial charge is 0.228 e. The zero-order valence-corrected chi connectivity index (χ0v) is 13.6. The monoisotopic (exact) mass is 289 g/mol. The minimum absolute atomic E-state index is 0.0702. The van der Waals surface area contributed by atoms with Crippen LogP contribution in [0.25, 0.3) is 0 Å². The quantitative estimate of drug-likeness (QED) is 0.865. The number of rotatable bonds is 5. The standard InChI is InChI=1S/C17H27N3O/c1-17(2,12-20(3)4)11-19-16(21)15-10-18-9-13-7-5-6-8-14(13)15/h5-8,15,18H,9-12H2,1-4H3,(H,19,21). The van der Waals surface area contributed by atoms with E-state index in [1.807, 2.05) is 12.1 Å². The molecule has 0 saturated carbocycles. The van der Waals surface area contributed by atoms with Gasteiger partial charge in [-0.2, -0.15) is 0 Å². The molecule has 0 saturated heterocycles. The second-order valence-electron chi connectivity index (χ2n) is 7.00. The fourth-order valence-electron chi connectivity index (χ4n) is 3.09. The van der Waals surface area contributed by atoms with E-state index in [0.717, 1.165) is 19.6 Å². The summed E-state index contributed by atoms with van der Waals surface area (Å²) >= 11 is 0. The van der Waals surface area contributed by atoms with Crippen molar-refractivity contribution in [2.24, 2.45) is 5.41 Å². The first-order valence-electron chi connectivity index (χ1n) is 7.60. The van der Waals surface area contributed by atoms with Gasteiger partial charge in [0.1, 0.15) is 0 Å². The number of amides is 1. The Bertz CT molecular complexity index is 497. The predicted molar refractivity (Wildman–Crippen MR) is 86.2 cm³/mol. The van der Waals surface area contributed by atoms with Crippen LogP contribution in [0.1, 0.15) is 30.9 Å². The number of fused-ring (bicyclic) bond motifs is 1. The van der Waals surface area contributed by atoms with E-state index in [1.165, 1.54) is 11.1 Å². The minimum Gasteiger partial charge on any atom is -0.355 e. The molecule has 1 heterocycles. The fourth-order valence-corrected chi connectivity index (χ4v) is 3.09. The molecule has 1 atom stereocenters. The van der Waals surface area contributed by atoms with Crippen LogP contribution in [0.5, 0.6) is 0 Å². The Labute approximate surface area is 127 Å². The third kappa shape index (κ3) is 4.29. The van der Waals surface area contributed by atoms with E-state index in [1.54, 1.807) is 0 Å². The Morgan fingerprint density at radius 1 is 1.38 bits per heavy atom. The van der Waals surface area contributed by atoms with Crippen LogP contribution in [0, 0.1) is 5.41 Å². The summed E-state index contributed by atoms with van der Waals surface area (Å²) in [5.74, 6) is 0.0478. The minimum atomic E-state index is -0.0786. The van der Waals surface area contributed by atoms with Gasteiger partial charge in [0, 0.05) is 26.2 Å². The predicted octanol–water partition coefficient (Wildman–Crippen LogP) is 1.58. The normalized spacial score (nSPS) is 18.4. The third-order valence-corrected chi connectivity index (χ3v) is 3.90. The molecule has 1 aromatic rings. The molecule has 116 valence electrons. The molecule has 0 fully saturated rings. The lowest BCUT2D eigenvalue weighted by molar-refractivity contribution is -0.123. The maximum atomic E-state index is 12.5. The number of benzene rings is 1. The second-order valence-corrected chi connectivity index (χ2v) is 7.00. The van der Waals surface area contributed by atoms with Crippen LogP contribution in [0.15, 0.2) is 24.3 Å². The van der Waals surface area contributed by atoms with Crippen LogP contribution in [-0.2, 0) is 11.3 Å². The van der Waals surface area contributed by atoms with Crippen molar-refractivity contribution >= 4 is 5.91 Å². The number of nitrogens with zero attached hydrogens (tertiary/aromatic N) is 1. The van der Waals surface area contributed by atoms with Crippen molar-refractivity contribution in [2.45, 2.75) is 26.3 Å². The first-order valence-corrected chi connectivity index (χ1v) is 7.60. The van der Waals surface area contributed by atoms with Gasteiger partial charge in [0.25, 0.3) is 0 Å². The van der Waals surface area contributed by atoms with E-state index >= 15 is 0 Å². The molecule has 0 aromatic heterocycles. The topological polar surface area (TPSA) is 44.4 Å². The molecule has 1 aromatic carbocycles. The molecule has 21 heavy (non-hydrogen) atoms. The van der Waals surface area contributed by atoms with Gasteiger partial charge < -0.3 is 15.5 Å². The molecule has 0 bridgehead atoms. The summed E-state index contributed by atoms with van der Waals surface area (Å²) in [7, 11) is 4.12. The summed E-state index contributed by atoms with van der Waals surface area (Å²) in [5.41, 5.74) is 2.47. The highest BCUT2D eigenvalue weighted by Gasteiger charge is 2.27. The highest BCUT2D eigenvalue weighted by molar-refractivity contribution is 5.84. The lowest BCUT2D eigenvalue weighted by Crippen LogP contribution is -2.44. The van der Waals surface area contributed by atoms with Crippen LogP contribution in [0.4, 0.5) is 0 Å². The van der Waals surface area contributed by atoms with Gasteiger partial charge in [-0.15, -0.1) is 0 Å². The molecule has 2 N–H and O–H groups in total. The van der Waals surface area contributed by atoms with Crippen LogP contribution < -0.4 is 10.6 Å². The fraction of sp³-hybridized carbons (Fsp3) is 0.588. The second kappa shape index (κ2) is 6.58. The number of hydrogen-bond donors (Lipinski definition) is 2. The van der Waals surface area contributed by atoms with Gasteiger partial charge in [0.05, 0.1) is 5.92 Å². The molecule has 0 spiro atoms. The van der Waals surface area contributed by atoms with E-state index in [9.17, 15) is 4.79 Å². The van der Waals surface area contributed by atoms with Crippen LogP contribution in [0.2, 0.25) is 0 Å². The number of nitrogens with one attached hydrogen (secondary N) is 2. The van der Waals surface area contributed by atoms with Crippen LogP contribution >= 0.6 is 0 Å². The summed E-state index contributed by atoms with van der Waals surface area (Å²) in [4.78, 5) is 14.7. The van der Waals surface area contributed by atoms with E-state index in [-0.39, 0.29) is 17.2 Å². The maximum absolute atomic E-state index is 12.5. The van der Waals surface area contributed by atoms with Gasteiger partial charge >= 0.3 is 0 Å². The van der Waals surface area contributed by atoms with Crippen LogP contribution in [0.3, 0.4) is 0 Å². The molecule has 4 nitrogen and oxygen atoms in total. The summed E-state index contributed by atoms with van der Waals surface area (Å²) < 4.78 is 0. The third-order valence-electron chi connectivity index (χ3n) is 3.90. The lowest BCUT2D eigenvalue weighted by Gasteiger charge is -2.30. The molecule has 1 aliphatic rings. The van der Waals surface area contributed by atoms with Crippen molar-refractivity contribution < 1.29 is 4.79 Å². The molecule has 1 unspecified atom stereocenters. The average molecular weight is 289 g/mol. The van der Waals surface area contributed by atoms with Gasteiger partial charge in [-0.1, -0.05) is 38.1 Å². The first-order chi connectivity index (χ1) is 9.89. The Hall–Kier alpha value is -1.39. The SMILES string of the molecule is CN(C)CC(C)(C)CNC(=O)C1CNCc2ccccc21. The molecular weight excluding hydrogens is 262 g/mol. The Kier molecular flexibility index (Phi) is 5.01. The highest BCUT2D eigenvalue weighted by atomic mass is 16.1. The average Bonchev–Trinajstić information content (AvgIpc) is 2.43. The van der Waals surface area contributed by atoms with Crippen LogP contribution in [-0.4, -0.2) is 44.5 Å². The van der Waals surface area contributed by atoms with E-state index < -0.39 is 0 Å². The van der Waals surface area contributed by atoms with Crippen molar-refractivity contribution in [3.05, 3.63) is 35.4 Å².